The molecule has 0 N–H and O–H groups in total. The van der Waals surface area contributed by atoms with E-state index in [1.807, 2.05) is 21.8 Å². The second-order valence-corrected chi connectivity index (χ2v) is 6.18. The molecule has 26 heavy (non-hydrogen) atoms. The van der Waals surface area contributed by atoms with Gasteiger partial charge in [0.15, 0.2) is 0 Å². The third kappa shape index (κ3) is 3.42. The second kappa shape index (κ2) is 7.35. The van der Waals surface area contributed by atoms with Gasteiger partial charge in [-0.25, -0.2) is 4.98 Å². The molecule has 1 aliphatic heterocycles. The summed E-state index contributed by atoms with van der Waals surface area (Å²) in [7, 11) is 0. The van der Waals surface area contributed by atoms with Crippen molar-refractivity contribution in [1.82, 2.24) is 24.6 Å². The Balaban J connectivity index is 1.54. The van der Waals surface area contributed by atoms with Gasteiger partial charge in [-0.3, -0.25) is 14.5 Å². The van der Waals surface area contributed by atoms with E-state index in [0.717, 1.165) is 19.4 Å². The summed E-state index contributed by atoms with van der Waals surface area (Å²) in [5.74, 6) is 0.772. The zero-order valence-corrected chi connectivity index (χ0v) is 14.2. The molecule has 1 saturated heterocycles. The number of amides is 1. The number of carbonyl (C=O) groups is 1. The van der Waals surface area contributed by atoms with Gasteiger partial charge in [-0.2, -0.15) is 5.10 Å². The van der Waals surface area contributed by atoms with E-state index in [0.29, 0.717) is 23.7 Å². The summed E-state index contributed by atoms with van der Waals surface area (Å²) >= 11 is 0. The molecule has 0 spiro atoms. The van der Waals surface area contributed by atoms with Crippen LogP contribution in [0, 0.1) is 0 Å². The molecule has 7 heteroatoms. The Morgan fingerprint density at radius 3 is 2.88 bits per heavy atom. The van der Waals surface area contributed by atoms with Crippen LogP contribution in [0.25, 0.3) is 0 Å². The van der Waals surface area contributed by atoms with Gasteiger partial charge in [-0.15, -0.1) is 0 Å². The Kier molecular flexibility index (Phi) is 4.59. The number of hydrogen-bond acceptors (Lipinski definition) is 5. The van der Waals surface area contributed by atoms with Gasteiger partial charge in [0.1, 0.15) is 11.3 Å². The fourth-order valence-corrected chi connectivity index (χ4v) is 3.18. The van der Waals surface area contributed by atoms with E-state index in [1.165, 1.54) is 0 Å². The van der Waals surface area contributed by atoms with E-state index in [-0.39, 0.29) is 11.9 Å². The first-order chi connectivity index (χ1) is 12.8. The minimum absolute atomic E-state index is 0.0751. The van der Waals surface area contributed by atoms with Gasteiger partial charge in [0, 0.05) is 37.9 Å². The molecule has 4 heterocycles. The van der Waals surface area contributed by atoms with Gasteiger partial charge in [0.2, 0.25) is 5.88 Å². The van der Waals surface area contributed by atoms with Crippen LogP contribution >= 0.6 is 0 Å². The molecule has 0 bridgehead atoms. The average molecular weight is 349 g/mol. The van der Waals surface area contributed by atoms with Crippen LogP contribution in [0.2, 0.25) is 0 Å². The molecule has 4 rings (SSSR count). The van der Waals surface area contributed by atoms with Crippen LogP contribution in [-0.2, 0) is 0 Å². The summed E-state index contributed by atoms with van der Waals surface area (Å²) in [4.78, 5) is 23.2. The Morgan fingerprint density at radius 2 is 2.08 bits per heavy atom. The molecule has 3 aromatic rings. The predicted octanol–water partition coefficient (Wildman–Crippen LogP) is 2.94. The van der Waals surface area contributed by atoms with E-state index >= 15 is 0 Å². The fraction of sp³-hybridized carbons (Fsp3) is 0.263. The smallest absolute Gasteiger partial charge is 0.259 e. The highest BCUT2D eigenvalue weighted by atomic mass is 16.5. The Hall–Kier alpha value is -3.22. The van der Waals surface area contributed by atoms with E-state index < -0.39 is 0 Å². The van der Waals surface area contributed by atoms with Gasteiger partial charge in [0.25, 0.3) is 5.91 Å². The lowest BCUT2D eigenvalue weighted by atomic mass is 10.0. The maximum atomic E-state index is 13.1. The lowest BCUT2D eigenvalue weighted by molar-refractivity contribution is 0.0669. The minimum atomic E-state index is -0.0751. The molecule has 132 valence electrons. The standard InChI is InChI=1S/C19H19N5O2/c25-19(23-11-3-5-15(14-23)24-12-4-10-22-24)17-7-2-9-21-18(17)26-16-6-1-8-20-13-16/h1-2,4,6-10,12-13,15H,3,5,11,14H2/t15-/m1/s1. The Morgan fingerprint density at radius 1 is 1.15 bits per heavy atom. The number of ether oxygens (including phenoxy) is 1. The van der Waals surface area contributed by atoms with E-state index in [4.69, 9.17) is 4.74 Å². The van der Waals surface area contributed by atoms with Crippen molar-refractivity contribution in [3.8, 4) is 11.6 Å². The van der Waals surface area contributed by atoms with Crippen molar-refractivity contribution in [2.75, 3.05) is 13.1 Å². The summed E-state index contributed by atoms with van der Waals surface area (Å²) in [6.07, 6.45) is 10.5. The monoisotopic (exact) mass is 349 g/mol. The van der Waals surface area contributed by atoms with Gasteiger partial charge < -0.3 is 9.64 Å². The summed E-state index contributed by atoms with van der Waals surface area (Å²) in [6.45, 7) is 1.35. The Labute approximate surface area is 151 Å². The number of carbonyl (C=O) groups excluding carboxylic acids is 1. The van der Waals surface area contributed by atoms with Crippen LogP contribution in [0.1, 0.15) is 29.2 Å². The number of aromatic nitrogens is 4. The third-order valence-electron chi connectivity index (χ3n) is 4.43. The highest BCUT2D eigenvalue weighted by Crippen LogP contribution is 2.26. The van der Waals surface area contributed by atoms with Crippen LogP contribution in [0.4, 0.5) is 0 Å². The van der Waals surface area contributed by atoms with Crippen LogP contribution < -0.4 is 4.74 Å². The molecule has 3 aromatic heterocycles. The Bertz CT molecular complexity index is 867. The highest BCUT2D eigenvalue weighted by Gasteiger charge is 2.27. The molecule has 0 unspecified atom stereocenters. The number of likely N-dealkylation sites (tertiary alicyclic amines) is 1. The molecule has 1 amide bonds. The largest absolute Gasteiger partial charge is 0.437 e. The van der Waals surface area contributed by atoms with Crippen molar-refractivity contribution >= 4 is 5.91 Å². The average Bonchev–Trinajstić information content (AvgIpc) is 3.24. The molecule has 1 aliphatic rings. The number of hydrogen-bond donors (Lipinski definition) is 0. The van der Waals surface area contributed by atoms with Crippen molar-refractivity contribution in [3.63, 3.8) is 0 Å². The lowest BCUT2D eigenvalue weighted by Crippen LogP contribution is -2.41. The van der Waals surface area contributed by atoms with Crippen molar-refractivity contribution < 1.29 is 9.53 Å². The third-order valence-corrected chi connectivity index (χ3v) is 4.43. The number of piperidine rings is 1. The zero-order chi connectivity index (χ0) is 17.8. The highest BCUT2D eigenvalue weighted by molar-refractivity contribution is 5.96. The summed E-state index contributed by atoms with van der Waals surface area (Å²) in [5, 5.41) is 4.31. The summed E-state index contributed by atoms with van der Waals surface area (Å²) in [5.41, 5.74) is 0.456. The zero-order valence-electron chi connectivity index (χ0n) is 14.2. The maximum Gasteiger partial charge on any atom is 0.259 e. The summed E-state index contributed by atoms with van der Waals surface area (Å²) in [6, 6.07) is 9.16. The first-order valence-electron chi connectivity index (χ1n) is 8.62. The lowest BCUT2D eigenvalue weighted by Gasteiger charge is -2.33. The first-order valence-corrected chi connectivity index (χ1v) is 8.62. The van der Waals surface area contributed by atoms with Crippen LogP contribution in [0.5, 0.6) is 11.6 Å². The minimum Gasteiger partial charge on any atom is -0.437 e. The molecule has 0 aliphatic carbocycles. The predicted molar refractivity (Wildman–Crippen MR) is 94.9 cm³/mol. The topological polar surface area (TPSA) is 73.1 Å². The first kappa shape index (κ1) is 16.3. The normalized spacial score (nSPS) is 17.1. The molecule has 0 saturated carbocycles. The van der Waals surface area contributed by atoms with Crippen molar-refractivity contribution in [3.05, 3.63) is 66.9 Å². The van der Waals surface area contributed by atoms with Gasteiger partial charge in [-0.1, -0.05) is 0 Å². The maximum absolute atomic E-state index is 13.1. The van der Waals surface area contributed by atoms with E-state index in [2.05, 4.69) is 15.1 Å². The van der Waals surface area contributed by atoms with Crippen LogP contribution in [0.3, 0.4) is 0 Å². The van der Waals surface area contributed by atoms with Crippen LogP contribution in [-0.4, -0.2) is 43.6 Å². The molecule has 7 nitrogen and oxygen atoms in total. The van der Waals surface area contributed by atoms with Crippen LogP contribution in [0.15, 0.2) is 61.3 Å². The van der Waals surface area contributed by atoms with E-state index in [9.17, 15) is 4.79 Å². The number of rotatable bonds is 4. The molecular formula is C19H19N5O2. The van der Waals surface area contributed by atoms with Crippen molar-refractivity contribution in [2.24, 2.45) is 0 Å². The summed E-state index contributed by atoms with van der Waals surface area (Å²) < 4.78 is 7.71. The van der Waals surface area contributed by atoms with Gasteiger partial charge in [0.05, 0.1) is 12.2 Å². The quantitative estimate of drug-likeness (QED) is 0.724. The molecular weight excluding hydrogens is 330 g/mol. The SMILES string of the molecule is O=C(c1cccnc1Oc1cccnc1)N1CCC[C@@H](n2cccn2)C1. The second-order valence-electron chi connectivity index (χ2n) is 6.18. The van der Waals surface area contributed by atoms with Gasteiger partial charge in [-0.05, 0) is 43.2 Å². The van der Waals surface area contributed by atoms with Crippen molar-refractivity contribution in [2.45, 2.75) is 18.9 Å². The number of pyridine rings is 2. The van der Waals surface area contributed by atoms with Gasteiger partial charge >= 0.3 is 0 Å². The molecule has 0 radical (unpaired) electrons. The van der Waals surface area contributed by atoms with Crippen molar-refractivity contribution in [1.29, 1.82) is 0 Å². The fourth-order valence-electron chi connectivity index (χ4n) is 3.18. The molecule has 1 fully saturated rings. The molecule has 1 atom stereocenters. The number of nitrogens with zero attached hydrogens (tertiary/aromatic N) is 5. The molecule has 0 aromatic carbocycles. The van der Waals surface area contributed by atoms with E-state index in [1.54, 1.807) is 49.1 Å².